The van der Waals surface area contributed by atoms with Crippen molar-refractivity contribution in [1.29, 1.82) is 0 Å². The van der Waals surface area contributed by atoms with Gasteiger partial charge in [0.1, 0.15) is 0 Å². The van der Waals surface area contributed by atoms with Crippen molar-refractivity contribution in [3.63, 3.8) is 0 Å². The van der Waals surface area contributed by atoms with Crippen LogP contribution in [0.3, 0.4) is 0 Å². The van der Waals surface area contributed by atoms with E-state index in [1.54, 1.807) is 0 Å². The molecular weight excluding hydrogens is 284 g/mol. The minimum absolute atomic E-state index is 0.297. The lowest BCUT2D eigenvalue weighted by Crippen LogP contribution is -2.34. The summed E-state index contributed by atoms with van der Waals surface area (Å²) in [6.07, 6.45) is 1.04. The van der Waals surface area contributed by atoms with Crippen LogP contribution < -0.4 is 4.72 Å². The second-order valence-electron chi connectivity index (χ2n) is 3.78. The van der Waals surface area contributed by atoms with E-state index in [0.29, 0.717) is 24.8 Å². The van der Waals surface area contributed by atoms with Crippen LogP contribution in [0.15, 0.2) is 23.1 Å². The lowest BCUT2D eigenvalue weighted by atomic mass is 10.2. The zero-order valence-corrected chi connectivity index (χ0v) is 11.4. The van der Waals surface area contributed by atoms with Crippen molar-refractivity contribution in [2.45, 2.75) is 30.7 Å². The molecule has 18 heavy (non-hydrogen) atoms. The van der Waals surface area contributed by atoms with E-state index in [1.165, 1.54) is 0 Å². The Morgan fingerprint density at radius 1 is 1.33 bits per heavy atom. The Labute approximate surface area is 110 Å². The molecule has 0 saturated heterocycles. The Balaban J connectivity index is 2.95. The molecule has 0 radical (unpaired) electrons. The summed E-state index contributed by atoms with van der Waals surface area (Å²) >= 11 is 5.55. The van der Waals surface area contributed by atoms with Gasteiger partial charge in [-0.3, -0.25) is 0 Å². The lowest BCUT2D eigenvalue weighted by molar-refractivity contribution is 0.502. The van der Waals surface area contributed by atoms with Crippen LogP contribution in [0.5, 0.6) is 0 Å². The first-order chi connectivity index (χ1) is 8.40. The van der Waals surface area contributed by atoms with Gasteiger partial charge < -0.3 is 0 Å². The number of hydrogen-bond acceptors (Lipinski definition) is 2. The Morgan fingerprint density at radius 2 is 2.00 bits per heavy atom. The first-order valence-corrected chi connectivity index (χ1v) is 7.45. The van der Waals surface area contributed by atoms with Crippen molar-refractivity contribution in [2.24, 2.45) is 0 Å². The number of halogens is 3. The fourth-order valence-electron chi connectivity index (χ4n) is 1.41. The average molecular weight is 298 g/mol. The monoisotopic (exact) mass is 297 g/mol. The van der Waals surface area contributed by atoms with E-state index in [2.05, 4.69) is 4.72 Å². The highest BCUT2D eigenvalue weighted by molar-refractivity contribution is 7.89. The van der Waals surface area contributed by atoms with Crippen molar-refractivity contribution < 1.29 is 17.2 Å². The molecule has 0 saturated carbocycles. The van der Waals surface area contributed by atoms with E-state index in [4.69, 9.17) is 11.6 Å². The van der Waals surface area contributed by atoms with Crippen molar-refractivity contribution in [2.75, 3.05) is 5.88 Å². The normalized spacial score (nSPS) is 13.6. The SMILES string of the molecule is CCC(CCCl)NS(=O)(=O)c1ccc(F)c(F)c1. The Hall–Kier alpha value is -0.720. The van der Waals surface area contributed by atoms with Gasteiger partial charge in [-0.15, -0.1) is 11.6 Å². The molecule has 0 aromatic heterocycles. The van der Waals surface area contributed by atoms with E-state index in [1.807, 2.05) is 6.92 Å². The molecule has 0 aliphatic heterocycles. The maximum Gasteiger partial charge on any atom is 0.240 e. The zero-order valence-electron chi connectivity index (χ0n) is 9.79. The number of nitrogens with one attached hydrogen (secondary N) is 1. The highest BCUT2D eigenvalue weighted by Crippen LogP contribution is 2.15. The van der Waals surface area contributed by atoms with E-state index in [-0.39, 0.29) is 10.9 Å². The minimum atomic E-state index is -3.85. The number of alkyl halides is 1. The van der Waals surface area contributed by atoms with Gasteiger partial charge in [0.15, 0.2) is 11.6 Å². The van der Waals surface area contributed by atoms with Gasteiger partial charge in [-0.05, 0) is 31.0 Å². The van der Waals surface area contributed by atoms with Crippen molar-refractivity contribution in [1.82, 2.24) is 4.72 Å². The smallest absolute Gasteiger partial charge is 0.208 e. The largest absolute Gasteiger partial charge is 0.240 e. The summed E-state index contributed by atoms with van der Waals surface area (Å²) in [7, 11) is -3.85. The second kappa shape index (κ2) is 6.45. The molecule has 3 nitrogen and oxygen atoms in total. The van der Waals surface area contributed by atoms with Crippen LogP contribution in [0.1, 0.15) is 19.8 Å². The molecule has 1 aromatic rings. The molecular formula is C11H14ClF2NO2S. The zero-order chi connectivity index (χ0) is 13.8. The third-order valence-electron chi connectivity index (χ3n) is 2.47. The van der Waals surface area contributed by atoms with E-state index >= 15 is 0 Å². The quantitative estimate of drug-likeness (QED) is 0.821. The lowest BCUT2D eigenvalue weighted by Gasteiger charge is -2.15. The third-order valence-corrected chi connectivity index (χ3v) is 4.21. The molecule has 1 aromatic carbocycles. The van der Waals surface area contributed by atoms with Crippen LogP contribution >= 0.6 is 11.6 Å². The van der Waals surface area contributed by atoms with E-state index in [0.717, 1.165) is 12.1 Å². The fourth-order valence-corrected chi connectivity index (χ4v) is 3.04. The third kappa shape index (κ3) is 3.90. The molecule has 1 N–H and O–H groups in total. The molecule has 0 fully saturated rings. The molecule has 1 atom stereocenters. The molecule has 0 aliphatic rings. The maximum absolute atomic E-state index is 13.0. The molecule has 0 bridgehead atoms. The Bertz CT molecular complexity index is 508. The summed E-state index contributed by atoms with van der Waals surface area (Å²) < 4.78 is 51.9. The number of benzene rings is 1. The van der Waals surface area contributed by atoms with Crippen LogP contribution in [0.25, 0.3) is 0 Å². The van der Waals surface area contributed by atoms with E-state index < -0.39 is 21.7 Å². The molecule has 1 rings (SSSR count). The van der Waals surface area contributed by atoms with Gasteiger partial charge in [0.2, 0.25) is 10.0 Å². The summed E-state index contributed by atoms with van der Waals surface area (Å²) in [5.74, 6) is -1.95. The van der Waals surface area contributed by atoms with Crippen LogP contribution in [0.4, 0.5) is 8.78 Å². The molecule has 102 valence electrons. The summed E-state index contributed by atoms with van der Waals surface area (Å²) in [6, 6.07) is 2.15. The Kier molecular flexibility index (Phi) is 5.49. The molecule has 7 heteroatoms. The van der Waals surface area contributed by atoms with Gasteiger partial charge in [0.05, 0.1) is 4.90 Å². The van der Waals surface area contributed by atoms with Gasteiger partial charge >= 0.3 is 0 Å². The number of sulfonamides is 1. The standard InChI is InChI=1S/C11H14ClF2NO2S/c1-2-8(5-6-12)15-18(16,17)9-3-4-10(13)11(14)7-9/h3-4,7-8,15H,2,5-6H2,1H3. The first kappa shape index (κ1) is 15.3. The first-order valence-electron chi connectivity index (χ1n) is 5.44. The highest BCUT2D eigenvalue weighted by Gasteiger charge is 2.20. The molecule has 0 spiro atoms. The topological polar surface area (TPSA) is 46.2 Å². The minimum Gasteiger partial charge on any atom is -0.208 e. The van der Waals surface area contributed by atoms with Crippen LogP contribution in [-0.4, -0.2) is 20.3 Å². The summed E-state index contributed by atoms with van der Waals surface area (Å²) in [5, 5.41) is 0. The molecule has 0 amide bonds. The summed E-state index contributed by atoms with van der Waals surface area (Å²) in [4.78, 5) is -0.297. The molecule has 0 heterocycles. The number of rotatable bonds is 6. The van der Waals surface area contributed by atoms with Gasteiger partial charge in [-0.1, -0.05) is 6.92 Å². The van der Waals surface area contributed by atoms with Crippen LogP contribution in [0, 0.1) is 11.6 Å². The molecule has 0 aliphatic carbocycles. The van der Waals surface area contributed by atoms with Crippen molar-refractivity contribution >= 4 is 21.6 Å². The van der Waals surface area contributed by atoms with Crippen LogP contribution in [0.2, 0.25) is 0 Å². The average Bonchev–Trinajstić information content (AvgIpc) is 2.31. The number of hydrogen-bond donors (Lipinski definition) is 1. The van der Waals surface area contributed by atoms with Gasteiger partial charge in [0.25, 0.3) is 0 Å². The van der Waals surface area contributed by atoms with Gasteiger partial charge in [-0.25, -0.2) is 21.9 Å². The highest BCUT2D eigenvalue weighted by atomic mass is 35.5. The van der Waals surface area contributed by atoms with Crippen LogP contribution in [-0.2, 0) is 10.0 Å². The van der Waals surface area contributed by atoms with Gasteiger partial charge in [-0.2, -0.15) is 0 Å². The predicted octanol–water partition coefficient (Wildman–Crippen LogP) is 2.65. The maximum atomic E-state index is 13.0. The Morgan fingerprint density at radius 3 is 2.50 bits per heavy atom. The molecule has 1 unspecified atom stereocenters. The predicted molar refractivity (Wildman–Crippen MR) is 66.1 cm³/mol. The van der Waals surface area contributed by atoms with Crippen molar-refractivity contribution in [3.05, 3.63) is 29.8 Å². The second-order valence-corrected chi connectivity index (χ2v) is 5.87. The van der Waals surface area contributed by atoms with E-state index in [9.17, 15) is 17.2 Å². The van der Waals surface area contributed by atoms with Crippen molar-refractivity contribution in [3.8, 4) is 0 Å². The van der Waals surface area contributed by atoms with Gasteiger partial charge in [0, 0.05) is 11.9 Å². The fraction of sp³-hybridized carbons (Fsp3) is 0.455. The summed E-state index contributed by atoms with van der Waals surface area (Å²) in [5.41, 5.74) is 0. The summed E-state index contributed by atoms with van der Waals surface area (Å²) in [6.45, 7) is 1.81.